The van der Waals surface area contributed by atoms with E-state index in [0.717, 1.165) is 6.26 Å². The third-order valence-corrected chi connectivity index (χ3v) is 5.43. The number of hydrogen-bond donors (Lipinski definition) is 0. The molecule has 8 nitrogen and oxygen atoms in total. The molecule has 2 aromatic rings. The second kappa shape index (κ2) is 9.78. The maximum atomic E-state index is 12.7. The van der Waals surface area contributed by atoms with Gasteiger partial charge in [0.1, 0.15) is 6.10 Å². The molecule has 0 radical (unpaired) electrons. The number of carbonyl (C=O) groups is 2. The van der Waals surface area contributed by atoms with Crippen molar-refractivity contribution >= 4 is 33.7 Å². The van der Waals surface area contributed by atoms with Crippen LogP contribution in [-0.2, 0) is 28.5 Å². The minimum Gasteiger partial charge on any atom is -0.452 e. The largest absolute Gasteiger partial charge is 0.452 e. The number of carbonyl (C=O) groups excluding carboxylic acids is 2. The maximum Gasteiger partial charge on any atom is 0.338 e. The summed E-state index contributed by atoms with van der Waals surface area (Å²) < 4.78 is 45.3. The van der Waals surface area contributed by atoms with E-state index in [2.05, 4.69) is 0 Å². The summed E-state index contributed by atoms with van der Waals surface area (Å²) in [6.45, 7) is 1.52. The molecule has 0 unspecified atom stereocenters. The van der Waals surface area contributed by atoms with E-state index in [0.29, 0.717) is 0 Å². The quantitative estimate of drug-likeness (QED) is 0.362. The lowest BCUT2D eigenvalue weighted by Crippen LogP contribution is -2.59. The van der Waals surface area contributed by atoms with E-state index in [1.165, 1.54) is 31.2 Å². The van der Waals surface area contributed by atoms with Crippen LogP contribution in [0.25, 0.3) is 0 Å². The van der Waals surface area contributed by atoms with Crippen LogP contribution in [0.1, 0.15) is 27.6 Å². The molecule has 1 aliphatic heterocycles. The number of rotatable bonds is 6. The number of alkyl halides is 1. The molecule has 0 bridgehead atoms. The standard InChI is InChI=1S/C21H21ClO8S/c1-13-16(30-31(2,25)26)17(28-20(23)14-9-5-3-6-10-14)18(19(22)27-13)29-21(24)15-11-7-4-8-12-15/h3-13,16-19H,1-2H3/t13-,16+,17+,18-,19+/m0/s1. The Morgan fingerprint density at radius 1 is 0.839 bits per heavy atom. The molecular formula is C21H21ClO8S. The molecule has 0 saturated carbocycles. The Labute approximate surface area is 185 Å². The normalized spacial score (nSPS) is 26.1. The highest BCUT2D eigenvalue weighted by molar-refractivity contribution is 7.86. The van der Waals surface area contributed by atoms with Crippen LogP contribution < -0.4 is 0 Å². The van der Waals surface area contributed by atoms with E-state index < -0.39 is 52.0 Å². The lowest BCUT2D eigenvalue weighted by molar-refractivity contribution is -0.187. The van der Waals surface area contributed by atoms with E-state index >= 15 is 0 Å². The second-order valence-electron chi connectivity index (χ2n) is 6.93. The molecule has 3 rings (SSSR count). The molecule has 166 valence electrons. The van der Waals surface area contributed by atoms with Crippen molar-refractivity contribution in [3.05, 3.63) is 71.8 Å². The molecule has 0 aliphatic carbocycles. The predicted octanol–water partition coefficient (Wildman–Crippen LogP) is 2.77. The van der Waals surface area contributed by atoms with Crippen LogP contribution in [0.3, 0.4) is 0 Å². The molecule has 0 spiro atoms. The third kappa shape index (κ3) is 6.04. The maximum absolute atomic E-state index is 12.7. The minimum absolute atomic E-state index is 0.221. The number of hydrogen-bond acceptors (Lipinski definition) is 8. The molecule has 0 N–H and O–H groups in total. The van der Waals surface area contributed by atoms with Gasteiger partial charge < -0.3 is 14.2 Å². The number of esters is 2. The Morgan fingerprint density at radius 2 is 1.29 bits per heavy atom. The Hall–Kier alpha value is -2.46. The van der Waals surface area contributed by atoms with E-state index in [4.69, 9.17) is 30.0 Å². The summed E-state index contributed by atoms with van der Waals surface area (Å²) >= 11 is 6.27. The van der Waals surface area contributed by atoms with Crippen molar-refractivity contribution in [2.75, 3.05) is 6.26 Å². The average Bonchev–Trinajstić information content (AvgIpc) is 2.73. The van der Waals surface area contributed by atoms with Gasteiger partial charge in [-0.05, 0) is 31.2 Å². The molecule has 0 aromatic heterocycles. The van der Waals surface area contributed by atoms with Crippen molar-refractivity contribution in [2.45, 2.75) is 36.9 Å². The molecule has 5 atom stereocenters. The molecule has 0 amide bonds. The van der Waals surface area contributed by atoms with Gasteiger partial charge in [0.2, 0.25) is 0 Å². The fraction of sp³-hybridized carbons (Fsp3) is 0.333. The molecular weight excluding hydrogens is 448 g/mol. The summed E-state index contributed by atoms with van der Waals surface area (Å²) in [5.41, 5.74) is -0.756. The van der Waals surface area contributed by atoms with E-state index in [1.807, 2.05) is 0 Å². The Kier molecular flexibility index (Phi) is 7.32. The van der Waals surface area contributed by atoms with Crippen molar-refractivity contribution in [2.24, 2.45) is 0 Å². The van der Waals surface area contributed by atoms with Gasteiger partial charge in [-0.25, -0.2) is 9.59 Å². The molecule has 2 aromatic carbocycles. The highest BCUT2D eigenvalue weighted by atomic mass is 35.5. The van der Waals surface area contributed by atoms with Gasteiger partial charge >= 0.3 is 11.9 Å². The monoisotopic (exact) mass is 468 g/mol. The van der Waals surface area contributed by atoms with Gasteiger partial charge in [0, 0.05) is 0 Å². The van der Waals surface area contributed by atoms with Crippen LogP contribution in [0.5, 0.6) is 0 Å². The number of halogens is 1. The zero-order valence-corrected chi connectivity index (χ0v) is 18.3. The molecule has 10 heteroatoms. The predicted molar refractivity (Wildman–Crippen MR) is 111 cm³/mol. The zero-order chi connectivity index (χ0) is 22.6. The zero-order valence-electron chi connectivity index (χ0n) is 16.7. The van der Waals surface area contributed by atoms with Crippen LogP contribution in [-0.4, -0.2) is 56.6 Å². The molecule has 31 heavy (non-hydrogen) atoms. The summed E-state index contributed by atoms with van der Waals surface area (Å²) in [6, 6.07) is 16.2. The lowest BCUT2D eigenvalue weighted by atomic mass is 10.00. The summed E-state index contributed by atoms with van der Waals surface area (Å²) in [6.07, 6.45) is -3.98. The first-order valence-electron chi connectivity index (χ1n) is 9.35. The lowest BCUT2D eigenvalue weighted by Gasteiger charge is -2.41. The first-order chi connectivity index (χ1) is 14.7. The summed E-state index contributed by atoms with van der Waals surface area (Å²) in [7, 11) is -3.97. The average molecular weight is 469 g/mol. The topological polar surface area (TPSA) is 105 Å². The smallest absolute Gasteiger partial charge is 0.338 e. The van der Waals surface area contributed by atoms with Crippen LogP contribution in [0.4, 0.5) is 0 Å². The number of ether oxygens (including phenoxy) is 3. The van der Waals surface area contributed by atoms with Crippen LogP contribution in [0, 0.1) is 0 Å². The molecule has 1 saturated heterocycles. The fourth-order valence-electron chi connectivity index (χ4n) is 3.08. The van der Waals surface area contributed by atoms with Gasteiger partial charge in [0.05, 0.1) is 23.5 Å². The van der Waals surface area contributed by atoms with Crippen LogP contribution in [0.2, 0.25) is 0 Å². The van der Waals surface area contributed by atoms with Gasteiger partial charge in [-0.2, -0.15) is 8.42 Å². The van der Waals surface area contributed by atoms with Gasteiger partial charge in [0.25, 0.3) is 10.1 Å². The Balaban J connectivity index is 1.92. The Bertz CT molecular complexity index is 1010. The van der Waals surface area contributed by atoms with Crippen molar-refractivity contribution in [3.63, 3.8) is 0 Å². The molecule has 1 heterocycles. The van der Waals surface area contributed by atoms with E-state index in [9.17, 15) is 18.0 Å². The summed E-state index contributed by atoms with van der Waals surface area (Å²) in [5, 5.41) is 0. The van der Waals surface area contributed by atoms with Gasteiger partial charge in [0.15, 0.2) is 17.8 Å². The van der Waals surface area contributed by atoms with Crippen molar-refractivity contribution in [1.29, 1.82) is 0 Å². The van der Waals surface area contributed by atoms with Crippen LogP contribution in [0.15, 0.2) is 60.7 Å². The van der Waals surface area contributed by atoms with E-state index in [-0.39, 0.29) is 11.1 Å². The third-order valence-electron chi connectivity index (χ3n) is 4.50. The molecule has 1 aliphatic rings. The number of benzene rings is 2. The first kappa shape index (κ1) is 23.2. The van der Waals surface area contributed by atoms with Crippen LogP contribution >= 0.6 is 11.6 Å². The highest BCUT2D eigenvalue weighted by Crippen LogP contribution is 2.32. The van der Waals surface area contributed by atoms with Crippen molar-refractivity contribution in [1.82, 2.24) is 0 Å². The minimum atomic E-state index is -3.97. The first-order valence-corrected chi connectivity index (χ1v) is 11.6. The van der Waals surface area contributed by atoms with Crippen molar-refractivity contribution < 1.29 is 36.4 Å². The second-order valence-corrected chi connectivity index (χ2v) is 8.96. The summed E-state index contributed by atoms with van der Waals surface area (Å²) in [5.74, 6) is -1.50. The van der Waals surface area contributed by atoms with Gasteiger partial charge in [-0.1, -0.05) is 48.0 Å². The fourth-order valence-corrected chi connectivity index (χ4v) is 4.11. The van der Waals surface area contributed by atoms with Gasteiger partial charge in [-0.3, -0.25) is 4.18 Å². The van der Waals surface area contributed by atoms with Crippen molar-refractivity contribution in [3.8, 4) is 0 Å². The highest BCUT2D eigenvalue weighted by Gasteiger charge is 2.50. The van der Waals surface area contributed by atoms with E-state index in [1.54, 1.807) is 36.4 Å². The summed E-state index contributed by atoms with van der Waals surface area (Å²) in [4.78, 5) is 25.3. The van der Waals surface area contributed by atoms with Gasteiger partial charge in [-0.15, -0.1) is 0 Å². The SMILES string of the molecule is C[C@@H]1O[C@@H](Cl)[C@@H](OC(=O)c2ccccc2)[C@H](OC(=O)c2ccccc2)[C@@H]1OS(C)(=O)=O. The Morgan fingerprint density at radius 3 is 1.74 bits per heavy atom. The molecule has 1 fully saturated rings.